The molecule has 1 atom stereocenters. The second-order valence-electron chi connectivity index (χ2n) is 10.2. The number of benzene rings is 1. The van der Waals surface area contributed by atoms with Crippen LogP contribution in [0.4, 0.5) is 24.5 Å². The molecule has 0 saturated carbocycles. The minimum Gasteiger partial charge on any atom is -0.406 e. The number of alkyl halides is 3. The summed E-state index contributed by atoms with van der Waals surface area (Å²) in [7, 11) is 5.75. The Balaban J connectivity index is 1.41. The van der Waals surface area contributed by atoms with E-state index in [-0.39, 0.29) is 11.6 Å². The summed E-state index contributed by atoms with van der Waals surface area (Å²) in [4.78, 5) is 21.7. The van der Waals surface area contributed by atoms with Crippen LogP contribution in [0.1, 0.15) is 28.2 Å². The number of carbonyl (C=O) groups is 1. The van der Waals surface area contributed by atoms with Gasteiger partial charge in [-0.2, -0.15) is 5.10 Å². The van der Waals surface area contributed by atoms with E-state index in [0.29, 0.717) is 41.5 Å². The van der Waals surface area contributed by atoms with Gasteiger partial charge in [0.25, 0.3) is 5.91 Å². The fourth-order valence-electron chi connectivity index (χ4n) is 4.77. The lowest BCUT2D eigenvalue weighted by molar-refractivity contribution is -0.274. The molecule has 1 N–H and O–H groups in total. The number of rotatable bonds is 7. The number of hydrogen-bond donors (Lipinski definition) is 1. The average Bonchev–Trinajstić information content (AvgIpc) is 3.65. The molecule has 0 aliphatic carbocycles. The number of amides is 1. The van der Waals surface area contributed by atoms with Gasteiger partial charge in [0, 0.05) is 54.8 Å². The predicted octanol–water partition coefficient (Wildman–Crippen LogP) is 3.97. The first-order valence-electron chi connectivity index (χ1n) is 12.9. The van der Waals surface area contributed by atoms with Gasteiger partial charge < -0.3 is 19.9 Å². The normalized spacial score (nSPS) is 15.5. The summed E-state index contributed by atoms with van der Waals surface area (Å²) in [5, 5.41) is 15.4. The molecular weight excluding hydrogens is 539 g/mol. The molecule has 4 heterocycles. The van der Waals surface area contributed by atoms with Gasteiger partial charge in [-0.15, -0.1) is 18.3 Å². The van der Waals surface area contributed by atoms with Crippen LogP contribution in [0, 0.1) is 13.8 Å². The number of nitrogens with one attached hydrogen (secondary N) is 1. The van der Waals surface area contributed by atoms with Crippen molar-refractivity contribution < 1.29 is 22.7 Å². The lowest BCUT2D eigenvalue weighted by Gasteiger charge is -2.23. The van der Waals surface area contributed by atoms with E-state index in [0.717, 1.165) is 23.7 Å². The third-order valence-electron chi connectivity index (χ3n) is 7.22. The second kappa shape index (κ2) is 10.8. The Morgan fingerprint density at radius 1 is 1.15 bits per heavy atom. The number of nitrogens with zero attached hydrogens (tertiary/aromatic N) is 8. The zero-order valence-corrected chi connectivity index (χ0v) is 23.3. The van der Waals surface area contributed by atoms with Crippen molar-refractivity contribution in [3.8, 4) is 22.7 Å². The van der Waals surface area contributed by atoms with Crippen molar-refractivity contribution >= 4 is 17.3 Å². The number of aromatic nitrogens is 6. The number of anilines is 2. The molecule has 1 unspecified atom stereocenters. The summed E-state index contributed by atoms with van der Waals surface area (Å²) >= 11 is 0. The van der Waals surface area contributed by atoms with Crippen LogP contribution in [0.3, 0.4) is 0 Å². The number of pyridine rings is 1. The molecule has 1 amide bonds. The van der Waals surface area contributed by atoms with Gasteiger partial charge in [0.2, 0.25) is 0 Å². The summed E-state index contributed by atoms with van der Waals surface area (Å²) in [5.74, 6) is -1.07. The van der Waals surface area contributed by atoms with Crippen LogP contribution in [0.25, 0.3) is 16.9 Å². The molecule has 0 spiro atoms. The monoisotopic (exact) mass is 569 g/mol. The molecule has 3 aromatic heterocycles. The maximum absolute atomic E-state index is 13.3. The van der Waals surface area contributed by atoms with Crippen LogP contribution >= 0.6 is 0 Å². The quantitative estimate of drug-likeness (QED) is 0.357. The highest BCUT2D eigenvalue weighted by Crippen LogP contribution is 2.32. The largest absolute Gasteiger partial charge is 0.573 e. The summed E-state index contributed by atoms with van der Waals surface area (Å²) in [6.07, 6.45) is 0.865. The summed E-state index contributed by atoms with van der Waals surface area (Å²) in [6, 6.07) is 5.87. The summed E-state index contributed by atoms with van der Waals surface area (Å²) in [6.45, 7) is 4.98. The van der Waals surface area contributed by atoms with E-state index in [9.17, 15) is 18.0 Å². The van der Waals surface area contributed by atoms with Gasteiger partial charge in [0.05, 0.1) is 35.7 Å². The van der Waals surface area contributed by atoms with E-state index < -0.39 is 18.0 Å². The van der Waals surface area contributed by atoms with Crippen molar-refractivity contribution in [3.63, 3.8) is 0 Å². The van der Waals surface area contributed by atoms with E-state index in [1.165, 1.54) is 12.3 Å². The van der Waals surface area contributed by atoms with Crippen LogP contribution in [-0.2, 0) is 7.05 Å². The number of hydrogen-bond acceptors (Lipinski definition) is 8. The number of aryl methyl sites for hydroxylation is 2. The first-order chi connectivity index (χ1) is 19.4. The molecule has 4 aromatic rings. The zero-order chi connectivity index (χ0) is 29.5. The van der Waals surface area contributed by atoms with Crippen molar-refractivity contribution in [1.82, 2.24) is 34.7 Å². The second-order valence-corrected chi connectivity index (χ2v) is 10.2. The van der Waals surface area contributed by atoms with Crippen LogP contribution in [0.15, 0.2) is 42.9 Å². The van der Waals surface area contributed by atoms with Crippen LogP contribution in [0.5, 0.6) is 5.75 Å². The molecular formula is C27H30F3N9O2. The smallest absolute Gasteiger partial charge is 0.406 e. The minimum absolute atomic E-state index is 0.0206. The van der Waals surface area contributed by atoms with Crippen molar-refractivity contribution in [1.29, 1.82) is 0 Å². The average molecular weight is 570 g/mol. The first-order valence-corrected chi connectivity index (χ1v) is 12.9. The molecule has 216 valence electrons. The number of ether oxygens (including phenoxy) is 1. The molecule has 14 heteroatoms. The van der Waals surface area contributed by atoms with Gasteiger partial charge in [-0.05, 0) is 52.6 Å². The Labute approximate surface area is 234 Å². The van der Waals surface area contributed by atoms with E-state index in [4.69, 9.17) is 0 Å². The Hall–Kier alpha value is -4.46. The zero-order valence-electron chi connectivity index (χ0n) is 23.3. The molecule has 0 radical (unpaired) electrons. The Morgan fingerprint density at radius 3 is 2.59 bits per heavy atom. The minimum atomic E-state index is -4.90. The molecule has 1 aromatic carbocycles. The highest BCUT2D eigenvalue weighted by atomic mass is 19.4. The maximum Gasteiger partial charge on any atom is 0.573 e. The van der Waals surface area contributed by atoms with Crippen LogP contribution in [0.2, 0.25) is 0 Å². The van der Waals surface area contributed by atoms with Crippen molar-refractivity contribution in [3.05, 3.63) is 59.8 Å². The molecule has 1 aliphatic rings. The first kappa shape index (κ1) is 28.1. The molecule has 1 aliphatic heterocycles. The number of halogens is 3. The van der Waals surface area contributed by atoms with Gasteiger partial charge in [-0.25, -0.2) is 4.68 Å². The number of likely N-dealkylation sites (N-methyl/N-ethyl adjacent to an activating group) is 1. The third kappa shape index (κ3) is 6.16. The SMILES string of the molecule is Cc1ncc(NC(=O)c2cc(OC(F)(F)F)cc(N3CCC(N(C)C)C3)c2)cc1-n1cc(-c2cnn(C)c2C)nn1. The number of carbonyl (C=O) groups excluding carboxylic acids is 1. The van der Waals surface area contributed by atoms with Crippen molar-refractivity contribution in [2.45, 2.75) is 32.7 Å². The molecule has 1 saturated heterocycles. The molecule has 1 fully saturated rings. The van der Waals surface area contributed by atoms with E-state index in [1.807, 2.05) is 33.0 Å². The van der Waals surface area contributed by atoms with Gasteiger partial charge in [-0.1, -0.05) is 5.21 Å². The lowest BCUT2D eigenvalue weighted by atomic mass is 10.1. The Bertz CT molecular complexity index is 1580. The van der Waals surface area contributed by atoms with Crippen molar-refractivity contribution in [2.75, 3.05) is 37.4 Å². The standard InChI is InChI=1S/C27H30F3N9O2/c1-16-25(39-15-24(34-35-39)23-13-32-37(5)17(23)2)10-19(12-31-16)33-26(40)18-8-21(11-22(9-18)41-27(28,29)30)38-7-6-20(14-38)36(3)4/h8-13,15,20H,6-7,14H2,1-5H3,(H,33,40). The maximum atomic E-state index is 13.3. The fraction of sp³-hybridized carbons (Fsp3) is 0.370. The van der Waals surface area contributed by atoms with Crippen LogP contribution in [-0.4, -0.2) is 80.2 Å². The third-order valence-corrected chi connectivity index (χ3v) is 7.22. The van der Waals surface area contributed by atoms with Gasteiger partial charge in [0.15, 0.2) is 0 Å². The molecule has 5 rings (SSSR count). The molecule has 11 nitrogen and oxygen atoms in total. The topological polar surface area (TPSA) is 106 Å². The van der Waals surface area contributed by atoms with E-state index >= 15 is 0 Å². The molecule has 41 heavy (non-hydrogen) atoms. The van der Waals surface area contributed by atoms with Gasteiger partial charge in [-0.3, -0.25) is 14.5 Å². The Kier molecular flexibility index (Phi) is 7.43. The highest BCUT2D eigenvalue weighted by Gasteiger charge is 2.32. The fourth-order valence-corrected chi connectivity index (χ4v) is 4.77. The Morgan fingerprint density at radius 2 is 1.93 bits per heavy atom. The lowest BCUT2D eigenvalue weighted by Crippen LogP contribution is -2.31. The predicted molar refractivity (Wildman–Crippen MR) is 146 cm³/mol. The van der Waals surface area contributed by atoms with Crippen molar-refractivity contribution in [2.24, 2.45) is 7.05 Å². The summed E-state index contributed by atoms with van der Waals surface area (Å²) in [5.41, 5.74) is 4.42. The summed E-state index contributed by atoms with van der Waals surface area (Å²) < 4.78 is 46.8. The van der Waals surface area contributed by atoms with E-state index in [2.05, 4.69) is 35.3 Å². The van der Waals surface area contributed by atoms with Gasteiger partial charge in [0.1, 0.15) is 11.4 Å². The highest BCUT2D eigenvalue weighted by molar-refractivity contribution is 6.05. The van der Waals surface area contributed by atoms with E-state index in [1.54, 1.807) is 40.8 Å². The molecule has 0 bridgehead atoms. The van der Waals surface area contributed by atoms with Gasteiger partial charge >= 0.3 is 6.36 Å². The van der Waals surface area contributed by atoms with Crippen LogP contribution < -0.4 is 15.0 Å².